The van der Waals surface area contributed by atoms with E-state index < -0.39 is 0 Å². The Hall–Kier alpha value is -4.12. The Bertz CT molecular complexity index is 1940. The highest BCUT2D eigenvalue weighted by molar-refractivity contribution is 6.07. The topological polar surface area (TPSA) is 0 Å². The van der Waals surface area contributed by atoms with E-state index in [1.54, 1.807) is 5.57 Å². The molecule has 0 radical (unpaired) electrons. The van der Waals surface area contributed by atoms with Gasteiger partial charge < -0.3 is 0 Å². The molecule has 2 aromatic rings. The van der Waals surface area contributed by atoms with Crippen molar-refractivity contribution in [2.75, 3.05) is 0 Å². The maximum atomic E-state index is 3.40. The van der Waals surface area contributed by atoms with Gasteiger partial charge >= 0.3 is 0 Å². The fraction of sp³-hybridized carbons (Fsp3) is 0.225. The van der Waals surface area contributed by atoms with Crippen molar-refractivity contribution in [1.82, 2.24) is 0 Å². The molecule has 2 aromatic carbocycles. The molecule has 40 heavy (non-hydrogen) atoms. The number of benzene rings is 2. The lowest BCUT2D eigenvalue weighted by molar-refractivity contribution is 0.520. The van der Waals surface area contributed by atoms with E-state index in [9.17, 15) is 0 Å². The van der Waals surface area contributed by atoms with Crippen LogP contribution in [-0.4, -0.2) is 0 Å². The zero-order valence-corrected chi connectivity index (χ0v) is 23.6. The van der Waals surface area contributed by atoms with Crippen molar-refractivity contribution in [3.05, 3.63) is 159 Å². The van der Waals surface area contributed by atoms with Crippen LogP contribution in [-0.2, 0) is 10.8 Å². The molecule has 2 unspecified atom stereocenters. The Kier molecular flexibility index (Phi) is 4.16. The highest BCUT2D eigenvalue weighted by Gasteiger charge is 2.45. The molecule has 9 rings (SSSR count). The van der Waals surface area contributed by atoms with Crippen molar-refractivity contribution in [2.24, 2.45) is 11.8 Å². The van der Waals surface area contributed by atoms with Crippen molar-refractivity contribution in [3.8, 4) is 0 Å². The first-order valence-corrected chi connectivity index (χ1v) is 14.8. The summed E-state index contributed by atoms with van der Waals surface area (Å²) in [6.07, 6.45) is 28.5. The van der Waals surface area contributed by atoms with E-state index in [1.165, 1.54) is 72.4 Å². The van der Waals surface area contributed by atoms with E-state index in [1.807, 2.05) is 0 Å². The number of hydrogen-bond acceptors (Lipinski definition) is 0. The quantitative estimate of drug-likeness (QED) is 0.308. The van der Waals surface area contributed by atoms with Crippen molar-refractivity contribution >= 4 is 22.3 Å². The highest BCUT2D eigenvalue weighted by Crippen LogP contribution is 2.58. The summed E-state index contributed by atoms with van der Waals surface area (Å²) in [6.45, 7) is 9.78. The van der Waals surface area contributed by atoms with Crippen LogP contribution in [0.4, 0.5) is 0 Å². The number of allylic oxidation sites excluding steroid dienone is 17. The lowest BCUT2D eigenvalue weighted by atomic mass is 9.59. The number of rotatable bonds is 0. The van der Waals surface area contributed by atoms with Crippen LogP contribution in [0.25, 0.3) is 22.3 Å². The summed E-state index contributed by atoms with van der Waals surface area (Å²) in [6, 6.07) is 10.2. The van der Waals surface area contributed by atoms with Gasteiger partial charge in [0.25, 0.3) is 0 Å². The Morgan fingerprint density at radius 2 is 1.27 bits per heavy atom. The monoisotopic (exact) mass is 512 g/mol. The molecule has 0 heteroatoms. The van der Waals surface area contributed by atoms with Crippen molar-refractivity contribution in [3.63, 3.8) is 0 Å². The number of fused-ring (bicyclic) bond motifs is 8. The van der Waals surface area contributed by atoms with E-state index >= 15 is 0 Å². The minimum atomic E-state index is -0.109. The van der Waals surface area contributed by atoms with Crippen molar-refractivity contribution in [1.29, 1.82) is 0 Å². The van der Waals surface area contributed by atoms with Gasteiger partial charge in [0.05, 0.1) is 0 Å². The smallest absolute Gasteiger partial charge is 0.0289 e. The first-order valence-electron chi connectivity index (χ1n) is 14.8. The molecular weight excluding hydrogens is 480 g/mol. The molecule has 7 aliphatic carbocycles. The summed E-state index contributed by atoms with van der Waals surface area (Å²) in [5, 5.41) is 0. The highest BCUT2D eigenvalue weighted by atomic mass is 14.5. The lowest BCUT2D eigenvalue weighted by Gasteiger charge is -2.45. The Balaban J connectivity index is 1.30. The SMILES string of the molecule is CC1(C)c2cc3c(cc2C(C)(C)c2cc4c(cc21)C1=CC=CC2CC=CC4=C12)C1=C2C3=CC=C=CC2C=CC=C1. The molecule has 0 saturated carbocycles. The molecule has 0 saturated heterocycles. The molecule has 0 aliphatic heterocycles. The lowest BCUT2D eigenvalue weighted by Crippen LogP contribution is -2.37. The summed E-state index contributed by atoms with van der Waals surface area (Å²) in [5.41, 5.74) is 23.3. The van der Waals surface area contributed by atoms with Gasteiger partial charge in [-0.15, -0.1) is 5.73 Å². The van der Waals surface area contributed by atoms with E-state index in [4.69, 9.17) is 0 Å². The van der Waals surface area contributed by atoms with Crippen LogP contribution >= 0.6 is 0 Å². The molecule has 0 bridgehead atoms. The molecule has 0 amide bonds. The average Bonchev–Trinajstić information content (AvgIpc) is 3.21. The van der Waals surface area contributed by atoms with Crippen LogP contribution in [0.3, 0.4) is 0 Å². The van der Waals surface area contributed by atoms with Crippen LogP contribution in [0.1, 0.15) is 78.6 Å². The van der Waals surface area contributed by atoms with Gasteiger partial charge in [0.1, 0.15) is 0 Å². The van der Waals surface area contributed by atoms with Crippen LogP contribution < -0.4 is 0 Å². The fourth-order valence-corrected chi connectivity index (χ4v) is 8.57. The molecule has 7 aliphatic rings. The first-order chi connectivity index (χ1) is 19.4. The molecule has 192 valence electrons. The van der Waals surface area contributed by atoms with Gasteiger partial charge in [-0.25, -0.2) is 0 Å². The minimum absolute atomic E-state index is 0.107. The summed E-state index contributed by atoms with van der Waals surface area (Å²) in [5.74, 6) is 0.767. The van der Waals surface area contributed by atoms with Crippen LogP contribution in [0, 0.1) is 11.8 Å². The standard InChI is InChI=1S/C40H32/c1-39(2)33-19-29-25-15-7-5-11-23-12-6-8-16-26(37(23)25)30(29)20-34(33)40(3,4)36-22-32-28-18-10-14-24-13-9-17-27(38(24)28)31(32)21-35(36)39/h5,7-12,14-24H,13H2,1-4H3. The Morgan fingerprint density at radius 3 is 1.98 bits per heavy atom. The number of hydrogen-bond donors (Lipinski definition) is 0. The second-order valence-electron chi connectivity index (χ2n) is 13.4. The van der Waals surface area contributed by atoms with Gasteiger partial charge in [-0.3, -0.25) is 0 Å². The molecule has 0 aromatic heterocycles. The molecule has 0 fully saturated rings. The zero-order chi connectivity index (χ0) is 27.0. The maximum Gasteiger partial charge on any atom is 0.0289 e. The van der Waals surface area contributed by atoms with Gasteiger partial charge in [0, 0.05) is 22.7 Å². The summed E-state index contributed by atoms with van der Waals surface area (Å²) < 4.78 is 0. The fourth-order valence-electron chi connectivity index (χ4n) is 8.57. The van der Waals surface area contributed by atoms with E-state index in [2.05, 4.69) is 131 Å². The zero-order valence-electron chi connectivity index (χ0n) is 23.6. The molecular formula is C40H32. The van der Waals surface area contributed by atoms with Gasteiger partial charge in [-0.2, -0.15) is 0 Å². The minimum Gasteiger partial charge on any atom is -0.124 e. The first kappa shape index (κ1) is 22.7. The normalized spacial score (nSPS) is 25.9. The van der Waals surface area contributed by atoms with Gasteiger partial charge in [-0.05, 0) is 127 Å². The molecule has 0 spiro atoms. The van der Waals surface area contributed by atoms with Crippen molar-refractivity contribution < 1.29 is 0 Å². The molecule has 2 atom stereocenters. The van der Waals surface area contributed by atoms with Crippen LogP contribution in [0.5, 0.6) is 0 Å². The predicted octanol–water partition coefficient (Wildman–Crippen LogP) is 9.57. The van der Waals surface area contributed by atoms with Gasteiger partial charge in [-0.1, -0.05) is 82.4 Å². The Labute approximate surface area is 237 Å². The van der Waals surface area contributed by atoms with Gasteiger partial charge in [0.2, 0.25) is 0 Å². The largest absolute Gasteiger partial charge is 0.124 e. The van der Waals surface area contributed by atoms with E-state index in [0.29, 0.717) is 5.92 Å². The Morgan fingerprint density at radius 1 is 0.650 bits per heavy atom. The van der Waals surface area contributed by atoms with Crippen LogP contribution in [0.2, 0.25) is 0 Å². The maximum absolute atomic E-state index is 3.40. The molecule has 0 nitrogen and oxygen atoms in total. The average molecular weight is 513 g/mol. The second kappa shape index (κ2) is 7.34. The third-order valence-corrected chi connectivity index (χ3v) is 10.6. The molecule has 0 heterocycles. The second-order valence-corrected chi connectivity index (χ2v) is 13.4. The van der Waals surface area contributed by atoms with E-state index in [0.717, 1.165) is 6.42 Å². The van der Waals surface area contributed by atoms with Crippen LogP contribution in [0.15, 0.2) is 114 Å². The van der Waals surface area contributed by atoms with Gasteiger partial charge in [0.15, 0.2) is 0 Å². The predicted molar refractivity (Wildman–Crippen MR) is 168 cm³/mol. The van der Waals surface area contributed by atoms with E-state index in [-0.39, 0.29) is 16.7 Å². The summed E-state index contributed by atoms with van der Waals surface area (Å²) >= 11 is 0. The third kappa shape index (κ3) is 2.64. The summed E-state index contributed by atoms with van der Waals surface area (Å²) in [4.78, 5) is 0. The summed E-state index contributed by atoms with van der Waals surface area (Å²) in [7, 11) is 0. The third-order valence-electron chi connectivity index (χ3n) is 10.6. The van der Waals surface area contributed by atoms with Crippen molar-refractivity contribution in [2.45, 2.75) is 44.9 Å². The molecule has 0 N–H and O–H groups in total.